The van der Waals surface area contributed by atoms with Crippen molar-refractivity contribution >= 4 is 12.0 Å². The van der Waals surface area contributed by atoms with Crippen LogP contribution in [0.25, 0.3) is 6.08 Å². The highest BCUT2D eigenvalue weighted by Crippen LogP contribution is 2.36. The van der Waals surface area contributed by atoms with Gasteiger partial charge >= 0.3 is 18.3 Å². The van der Waals surface area contributed by atoms with Crippen LogP contribution in [0.2, 0.25) is 0 Å². The molecule has 21 heavy (non-hydrogen) atoms. The molecule has 0 aromatic heterocycles. The number of alkyl halides is 6. The van der Waals surface area contributed by atoms with Crippen LogP contribution < -0.4 is 0 Å². The van der Waals surface area contributed by atoms with E-state index in [2.05, 4.69) is 0 Å². The number of carbonyl (C=O) groups is 1. The Morgan fingerprint density at radius 2 is 1.48 bits per heavy atom. The van der Waals surface area contributed by atoms with Gasteiger partial charge in [-0.15, -0.1) is 0 Å². The Hall–Kier alpha value is -1.99. The lowest BCUT2D eigenvalue weighted by molar-refractivity contribution is -0.143. The van der Waals surface area contributed by atoms with Crippen LogP contribution >= 0.6 is 0 Å². The standard InChI is InChI=1S/C13H10F6O2/c14-12(15,16)9-5-8(3-1-2-4-11(20)21)6-10(7-9)13(17,18)19/h1,3,5-7H,2,4H2,(H,20,21). The van der Waals surface area contributed by atoms with Crippen LogP contribution in [0, 0.1) is 0 Å². The molecule has 0 amide bonds. The highest BCUT2D eigenvalue weighted by atomic mass is 19.4. The summed E-state index contributed by atoms with van der Waals surface area (Å²) in [6, 6.07) is 1.19. The fourth-order valence-corrected chi connectivity index (χ4v) is 1.50. The highest BCUT2D eigenvalue weighted by molar-refractivity contribution is 5.67. The minimum Gasteiger partial charge on any atom is -0.481 e. The molecule has 0 fully saturated rings. The second kappa shape index (κ2) is 6.19. The Bertz CT molecular complexity index is 510. The molecule has 2 nitrogen and oxygen atoms in total. The molecule has 0 unspecified atom stereocenters. The molecule has 0 radical (unpaired) electrons. The third-order valence-corrected chi connectivity index (χ3v) is 2.45. The van der Waals surface area contributed by atoms with E-state index in [1.807, 2.05) is 0 Å². The summed E-state index contributed by atoms with van der Waals surface area (Å²) in [7, 11) is 0. The van der Waals surface area contributed by atoms with E-state index in [9.17, 15) is 31.1 Å². The molecule has 0 aliphatic heterocycles. The zero-order valence-corrected chi connectivity index (χ0v) is 10.4. The van der Waals surface area contributed by atoms with Gasteiger partial charge in [-0.2, -0.15) is 26.3 Å². The molecule has 0 saturated carbocycles. The summed E-state index contributed by atoms with van der Waals surface area (Å²) in [6.07, 6.45) is -7.80. The van der Waals surface area contributed by atoms with Crippen molar-refractivity contribution in [2.45, 2.75) is 25.2 Å². The minimum atomic E-state index is -4.90. The molecule has 1 aromatic rings. The van der Waals surface area contributed by atoms with Gasteiger partial charge in [0.05, 0.1) is 11.1 Å². The average molecular weight is 312 g/mol. The van der Waals surface area contributed by atoms with Crippen molar-refractivity contribution in [3.63, 3.8) is 0 Å². The van der Waals surface area contributed by atoms with Gasteiger partial charge in [-0.3, -0.25) is 4.79 Å². The third-order valence-electron chi connectivity index (χ3n) is 2.45. The van der Waals surface area contributed by atoms with Crippen LogP contribution in [-0.4, -0.2) is 11.1 Å². The van der Waals surface area contributed by atoms with Crippen molar-refractivity contribution in [1.29, 1.82) is 0 Å². The Kier molecular flexibility index (Phi) is 5.03. The van der Waals surface area contributed by atoms with Gasteiger partial charge in [0.2, 0.25) is 0 Å². The van der Waals surface area contributed by atoms with Crippen LogP contribution in [0.15, 0.2) is 24.3 Å². The molecule has 0 atom stereocenters. The van der Waals surface area contributed by atoms with Crippen molar-refractivity contribution in [3.05, 3.63) is 41.0 Å². The smallest absolute Gasteiger partial charge is 0.416 e. The van der Waals surface area contributed by atoms with Gasteiger partial charge in [0, 0.05) is 6.42 Å². The number of aliphatic carboxylic acids is 1. The van der Waals surface area contributed by atoms with E-state index in [1.54, 1.807) is 0 Å². The fraction of sp³-hybridized carbons (Fsp3) is 0.308. The first-order valence-corrected chi connectivity index (χ1v) is 5.68. The number of hydrogen-bond donors (Lipinski definition) is 1. The van der Waals surface area contributed by atoms with E-state index in [4.69, 9.17) is 5.11 Å². The summed E-state index contributed by atoms with van der Waals surface area (Å²) in [6.45, 7) is 0. The van der Waals surface area contributed by atoms with Gasteiger partial charge in [-0.05, 0) is 30.2 Å². The number of halogens is 6. The Morgan fingerprint density at radius 1 is 1.00 bits per heavy atom. The van der Waals surface area contributed by atoms with Crippen LogP contribution in [0.1, 0.15) is 29.5 Å². The molecular weight excluding hydrogens is 302 g/mol. The normalized spacial score (nSPS) is 12.9. The van der Waals surface area contributed by atoms with E-state index >= 15 is 0 Å². The third kappa shape index (κ3) is 5.49. The second-order valence-corrected chi connectivity index (χ2v) is 4.17. The largest absolute Gasteiger partial charge is 0.481 e. The Morgan fingerprint density at radius 3 is 1.86 bits per heavy atom. The highest BCUT2D eigenvalue weighted by Gasteiger charge is 2.36. The Balaban J connectivity index is 3.11. The minimum absolute atomic E-state index is 0.00687. The van der Waals surface area contributed by atoms with E-state index < -0.39 is 29.4 Å². The molecule has 8 heteroatoms. The van der Waals surface area contributed by atoms with Crippen molar-refractivity contribution < 1.29 is 36.2 Å². The summed E-state index contributed by atoms with van der Waals surface area (Å²) < 4.78 is 75.4. The van der Waals surface area contributed by atoms with E-state index in [0.717, 1.165) is 6.08 Å². The maximum absolute atomic E-state index is 12.6. The van der Waals surface area contributed by atoms with Gasteiger partial charge in [0.25, 0.3) is 0 Å². The molecule has 1 rings (SSSR count). The topological polar surface area (TPSA) is 37.3 Å². The fourth-order valence-electron chi connectivity index (χ4n) is 1.50. The van der Waals surface area contributed by atoms with Crippen molar-refractivity contribution in [2.75, 3.05) is 0 Å². The molecule has 116 valence electrons. The second-order valence-electron chi connectivity index (χ2n) is 4.17. The number of hydrogen-bond acceptors (Lipinski definition) is 1. The molecule has 1 N–H and O–H groups in total. The van der Waals surface area contributed by atoms with E-state index in [-0.39, 0.29) is 24.5 Å². The number of carboxylic acids is 1. The van der Waals surface area contributed by atoms with E-state index in [1.165, 1.54) is 6.08 Å². The first-order chi connectivity index (χ1) is 9.50. The van der Waals surface area contributed by atoms with Crippen molar-refractivity contribution in [2.24, 2.45) is 0 Å². The SMILES string of the molecule is O=C(O)CCC=Cc1cc(C(F)(F)F)cc(C(F)(F)F)c1. The summed E-state index contributed by atoms with van der Waals surface area (Å²) >= 11 is 0. The molecule has 0 spiro atoms. The molecule has 0 aliphatic carbocycles. The number of allylic oxidation sites excluding steroid dienone is 1. The molecule has 0 aliphatic rings. The predicted octanol–water partition coefficient (Wildman–Crippen LogP) is 4.60. The lowest BCUT2D eigenvalue weighted by Gasteiger charge is -2.12. The molecule has 0 saturated heterocycles. The van der Waals surface area contributed by atoms with Gasteiger partial charge in [-0.1, -0.05) is 12.2 Å². The predicted molar refractivity (Wildman–Crippen MR) is 62.3 cm³/mol. The first kappa shape index (κ1) is 17.1. The van der Waals surface area contributed by atoms with Gasteiger partial charge in [0.1, 0.15) is 0 Å². The lowest BCUT2D eigenvalue weighted by Crippen LogP contribution is -2.11. The Labute approximate surface area is 115 Å². The lowest BCUT2D eigenvalue weighted by atomic mass is 10.0. The maximum atomic E-state index is 12.6. The quantitative estimate of drug-likeness (QED) is 0.825. The van der Waals surface area contributed by atoms with Crippen LogP contribution in [0.4, 0.5) is 26.3 Å². The summed E-state index contributed by atoms with van der Waals surface area (Å²) in [5.41, 5.74) is -3.10. The molecule has 1 aromatic carbocycles. The van der Waals surface area contributed by atoms with Crippen molar-refractivity contribution in [1.82, 2.24) is 0 Å². The van der Waals surface area contributed by atoms with Crippen LogP contribution in [-0.2, 0) is 17.1 Å². The van der Waals surface area contributed by atoms with Crippen LogP contribution in [0.5, 0.6) is 0 Å². The number of rotatable bonds is 4. The summed E-state index contributed by atoms with van der Waals surface area (Å²) in [5, 5.41) is 8.38. The van der Waals surface area contributed by atoms with E-state index in [0.29, 0.717) is 12.1 Å². The maximum Gasteiger partial charge on any atom is 0.416 e. The number of carboxylic acid groups (broad SMARTS) is 1. The van der Waals surface area contributed by atoms with Crippen molar-refractivity contribution in [3.8, 4) is 0 Å². The number of benzene rings is 1. The average Bonchev–Trinajstić information content (AvgIpc) is 2.32. The van der Waals surface area contributed by atoms with Gasteiger partial charge in [-0.25, -0.2) is 0 Å². The zero-order valence-electron chi connectivity index (χ0n) is 10.4. The van der Waals surface area contributed by atoms with Gasteiger partial charge < -0.3 is 5.11 Å². The van der Waals surface area contributed by atoms with Gasteiger partial charge in [0.15, 0.2) is 0 Å². The molecular formula is C13H10F6O2. The summed E-state index contributed by atoms with van der Waals surface area (Å²) in [4.78, 5) is 10.3. The first-order valence-electron chi connectivity index (χ1n) is 5.68. The zero-order chi connectivity index (χ0) is 16.3. The molecule has 0 bridgehead atoms. The monoisotopic (exact) mass is 312 g/mol. The summed E-state index contributed by atoms with van der Waals surface area (Å²) in [5.74, 6) is -1.11. The molecule has 0 heterocycles. The van der Waals surface area contributed by atoms with Crippen LogP contribution in [0.3, 0.4) is 0 Å².